The zero-order chi connectivity index (χ0) is 14.5. The summed E-state index contributed by atoms with van der Waals surface area (Å²) in [5.41, 5.74) is -0.0848. The van der Waals surface area contributed by atoms with Crippen LogP contribution in [0.3, 0.4) is 0 Å². The number of thiophene rings is 1. The van der Waals surface area contributed by atoms with E-state index < -0.39 is 11.0 Å². The van der Waals surface area contributed by atoms with Crippen LogP contribution in [0.1, 0.15) is 4.88 Å². The summed E-state index contributed by atoms with van der Waals surface area (Å²) in [6, 6.07) is 3.74. The van der Waals surface area contributed by atoms with E-state index in [4.69, 9.17) is 11.6 Å². The van der Waals surface area contributed by atoms with E-state index in [2.05, 4.69) is 10.4 Å². The molecule has 108 valence electrons. The maximum absolute atomic E-state index is 10.5. The summed E-state index contributed by atoms with van der Waals surface area (Å²) in [6.45, 7) is 1.18. The number of aliphatic hydroxyl groups is 1. The minimum absolute atomic E-state index is 0.0848. The fraction of sp³-hybridized carbons (Fsp3) is 0.364. The molecule has 0 aromatic carbocycles. The van der Waals surface area contributed by atoms with Gasteiger partial charge in [-0.25, -0.2) is 0 Å². The molecule has 9 heteroatoms. The van der Waals surface area contributed by atoms with Crippen molar-refractivity contribution >= 4 is 28.6 Å². The first-order valence-corrected chi connectivity index (χ1v) is 7.04. The van der Waals surface area contributed by atoms with Crippen molar-refractivity contribution in [3.05, 3.63) is 43.9 Å². The van der Waals surface area contributed by atoms with Gasteiger partial charge in [0.05, 0.1) is 21.9 Å². The minimum Gasteiger partial charge on any atom is -0.390 e. The van der Waals surface area contributed by atoms with Crippen LogP contribution in [0.15, 0.2) is 24.5 Å². The van der Waals surface area contributed by atoms with Crippen LogP contribution in [0.4, 0.5) is 5.69 Å². The predicted octanol–water partition coefficient (Wildman–Crippen LogP) is 1.66. The van der Waals surface area contributed by atoms with Crippen molar-refractivity contribution in [2.45, 2.75) is 19.2 Å². The Bertz CT molecular complexity index is 586. The van der Waals surface area contributed by atoms with Gasteiger partial charge < -0.3 is 10.4 Å². The van der Waals surface area contributed by atoms with E-state index >= 15 is 0 Å². The zero-order valence-corrected chi connectivity index (χ0v) is 12.0. The molecule has 2 aromatic heterocycles. The lowest BCUT2D eigenvalue weighted by molar-refractivity contribution is -0.385. The number of nitrogens with zero attached hydrogens (tertiary/aromatic N) is 3. The van der Waals surface area contributed by atoms with Gasteiger partial charge in [-0.1, -0.05) is 11.6 Å². The maximum Gasteiger partial charge on any atom is 0.306 e. The van der Waals surface area contributed by atoms with Gasteiger partial charge in [0.1, 0.15) is 12.4 Å². The predicted molar refractivity (Wildman–Crippen MR) is 75.9 cm³/mol. The van der Waals surface area contributed by atoms with E-state index in [1.54, 1.807) is 0 Å². The Morgan fingerprint density at radius 3 is 3.00 bits per heavy atom. The van der Waals surface area contributed by atoms with E-state index in [0.29, 0.717) is 13.1 Å². The molecular weight excluding hydrogens is 304 g/mol. The van der Waals surface area contributed by atoms with Crippen molar-refractivity contribution in [1.82, 2.24) is 15.1 Å². The summed E-state index contributed by atoms with van der Waals surface area (Å²) in [4.78, 5) is 11.1. The second kappa shape index (κ2) is 6.80. The average molecular weight is 317 g/mol. The molecule has 0 saturated heterocycles. The monoisotopic (exact) mass is 316 g/mol. The number of hydrogen-bond acceptors (Lipinski definition) is 6. The topological polar surface area (TPSA) is 93.2 Å². The third-order valence-electron chi connectivity index (χ3n) is 2.54. The summed E-state index contributed by atoms with van der Waals surface area (Å²) >= 11 is 7.29. The molecule has 1 unspecified atom stereocenters. The van der Waals surface area contributed by atoms with Crippen LogP contribution in [0.2, 0.25) is 4.34 Å². The fourth-order valence-electron chi connectivity index (χ4n) is 1.64. The lowest BCUT2D eigenvalue weighted by Gasteiger charge is -2.11. The van der Waals surface area contributed by atoms with Crippen molar-refractivity contribution in [2.75, 3.05) is 6.54 Å². The number of rotatable bonds is 7. The van der Waals surface area contributed by atoms with Crippen LogP contribution in [0.5, 0.6) is 0 Å². The Labute approximate surface area is 123 Å². The molecular formula is C11H13ClN4O3S. The third-order valence-corrected chi connectivity index (χ3v) is 3.77. The third kappa shape index (κ3) is 4.27. The highest BCUT2D eigenvalue weighted by molar-refractivity contribution is 7.16. The molecule has 0 amide bonds. The average Bonchev–Trinajstić information content (AvgIpc) is 2.99. The number of aromatic nitrogens is 2. The normalized spacial score (nSPS) is 12.5. The molecule has 0 radical (unpaired) electrons. The van der Waals surface area contributed by atoms with Gasteiger partial charge in [-0.05, 0) is 12.1 Å². The summed E-state index contributed by atoms with van der Waals surface area (Å²) in [6.07, 6.45) is 1.78. The number of halogens is 1. The van der Waals surface area contributed by atoms with Gasteiger partial charge in [0, 0.05) is 18.0 Å². The number of aliphatic hydroxyl groups excluding tert-OH is 1. The van der Waals surface area contributed by atoms with E-state index in [9.17, 15) is 15.2 Å². The summed E-state index contributed by atoms with van der Waals surface area (Å²) in [5, 5.41) is 27.2. The van der Waals surface area contributed by atoms with Gasteiger partial charge in [-0.3, -0.25) is 14.8 Å². The molecule has 20 heavy (non-hydrogen) atoms. The van der Waals surface area contributed by atoms with Gasteiger partial charge in [0.15, 0.2) is 0 Å². The molecule has 2 heterocycles. The molecule has 0 spiro atoms. The van der Waals surface area contributed by atoms with Gasteiger partial charge in [-0.15, -0.1) is 11.3 Å². The van der Waals surface area contributed by atoms with E-state index in [1.165, 1.54) is 22.2 Å². The molecule has 0 bridgehead atoms. The van der Waals surface area contributed by atoms with Crippen LogP contribution < -0.4 is 5.32 Å². The molecule has 0 aliphatic carbocycles. The van der Waals surface area contributed by atoms with Crippen molar-refractivity contribution in [2.24, 2.45) is 0 Å². The molecule has 1 atom stereocenters. The van der Waals surface area contributed by atoms with Gasteiger partial charge in [0.2, 0.25) is 0 Å². The molecule has 0 saturated carbocycles. The second-order valence-corrected chi connectivity index (χ2v) is 5.97. The van der Waals surface area contributed by atoms with E-state index in [-0.39, 0.29) is 12.2 Å². The van der Waals surface area contributed by atoms with Crippen LogP contribution in [0, 0.1) is 10.1 Å². The first kappa shape index (κ1) is 14.9. The Hall–Kier alpha value is -1.48. The lowest BCUT2D eigenvalue weighted by Crippen LogP contribution is -2.29. The Morgan fingerprint density at radius 1 is 1.60 bits per heavy atom. The molecule has 7 nitrogen and oxygen atoms in total. The minimum atomic E-state index is -0.676. The smallest absolute Gasteiger partial charge is 0.306 e. The van der Waals surface area contributed by atoms with Crippen molar-refractivity contribution in [3.8, 4) is 0 Å². The van der Waals surface area contributed by atoms with E-state index in [1.807, 2.05) is 12.1 Å². The molecule has 0 fully saturated rings. The van der Waals surface area contributed by atoms with Crippen LogP contribution in [-0.4, -0.2) is 32.5 Å². The van der Waals surface area contributed by atoms with Crippen molar-refractivity contribution < 1.29 is 10.0 Å². The Morgan fingerprint density at radius 2 is 2.40 bits per heavy atom. The van der Waals surface area contributed by atoms with Crippen molar-refractivity contribution in [3.63, 3.8) is 0 Å². The summed E-state index contributed by atoms with van der Waals surface area (Å²) < 4.78 is 2.08. The Balaban J connectivity index is 1.74. The second-order valence-electron chi connectivity index (χ2n) is 4.17. The quantitative estimate of drug-likeness (QED) is 0.598. The van der Waals surface area contributed by atoms with Crippen LogP contribution in [-0.2, 0) is 13.1 Å². The summed E-state index contributed by atoms with van der Waals surface area (Å²) in [7, 11) is 0. The first-order chi connectivity index (χ1) is 9.54. The highest BCUT2D eigenvalue weighted by atomic mass is 35.5. The SMILES string of the molecule is O=[N+]([O-])c1cnn(CC(O)CNCc2ccc(Cl)s2)c1. The summed E-state index contributed by atoms with van der Waals surface area (Å²) in [5.74, 6) is 0. The van der Waals surface area contributed by atoms with Crippen LogP contribution >= 0.6 is 22.9 Å². The molecule has 0 aliphatic heterocycles. The zero-order valence-electron chi connectivity index (χ0n) is 10.4. The van der Waals surface area contributed by atoms with Crippen LogP contribution in [0.25, 0.3) is 0 Å². The molecule has 0 aliphatic rings. The van der Waals surface area contributed by atoms with Gasteiger partial charge in [0.25, 0.3) is 0 Å². The lowest BCUT2D eigenvalue weighted by atomic mass is 10.3. The van der Waals surface area contributed by atoms with Crippen molar-refractivity contribution in [1.29, 1.82) is 0 Å². The standard InChI is InChI=1S/C11H13ClN4O3S/c12-11-2-1-10(20-11)5-13-4-9(17)7-15-6-8(3-14-15)16(18)19/h1-3,6,9,13,17H,4-5,7H2. The number of nitrogens with one attached hydrogen (secondary N) is 1. The fourth-order valence-corrected chi connectivity index (χ4v) is 2.69. The largest absolute Gasteiger partial charge is 0.390 e. The van der Waals surface area contributed by atoms with Gasteiger partial charge >= 0.3 is 5.69 Å². The molecule has 2 N–H and O–H groups in total. The van der Waals surface area contributed by atoms with E-state index in [0.717, 1.165) is 15.4 Å². The van der Waals surface area contributed by atoms with Gasteiger partial charge in [-0.2, -0.15) is 5.10 Å². The Kier molecular flexibility index (Phi) is 5.07. The highest BCUT2D eigenvalue weighted by Gasteiger charge is 2.11. The molecule has 2 aromatic rings. The number of hydrogen-bond donors (Lipinski definition) is 2. The first-order valence-electron chi connectivity index (χ1n) is 5.84. The highest BCUT2D eigenvalue weighted by Crippen LogP contribution is 2.20. The maximum atomic E-state index is 10.5. The number of nitro groups is 1. The molecule has 2 rings (SSSR count).